The van der Waals surface area contributed by atoms with Crippen molar-refractivity contribution in [1.29, 1.82) is 0 Å². The maximum Gasteiger partial charge on any atom is 0.0589 e. The van der Waals surface area contributed by atoms with E-state index in [9.17, 15) is 0 Å². The topological polar surface area (TPSA) is 12.4 Å². The van der Waals surface area contributed by atoms with Gasteiger partial charge in [-0.05, 0) is 23.6 Å². The lowest BCUT2D eigenvalue weighted by Crippen LogP contribution is -2.30. The van der Waals surface area contributed by atoms with E-state index in [0.29, 0.717) is 0 Å². The van der Waals surface area contributed by atoms with E-state index in [2.05, 4.69) is 53.7 Å². The van der Waals surface area contributed by atoms with Crippen molar-refractivity contribution in [2.45, 2.75) is 6.42 Å². The Bertz CT molecular complexity index is 434. The summed E-state index contributed by atoms with van der Waals surface area (Å²) >= 11 is 0. The average molecular weight is 181 g/mol. The van der Waals surface area contributed by atoms with Gasteiger partial charge >= 0.3 is 0 Å². The summed E-state index contributed by atoms with van der Waals surface area (Å²) in [6.45, 7) is 0. The van der Waals surface area contributed by atoms with Crippen molar-refractivity contribution < 1.29 is 0 Å². The molecule has 0 aromatic carbocycles. The largest absolute Gasteiger partial charge is 0.268 e. The molecule has 0 aromatic rings. The fraction of sp³-hybridized carbons (Fsp3) is 0.154. The highest BCUT2D eigenvalue weighted by Gasteiger charge is 2.36. The molecule has 0 fully saturated rings. The molecule has 1 heterocycles. The van der Waals surface area contributed by atoms with E-state index < -0.39 is 0 Å². The van der Waals surface area contributed by atoms with E-state index in [1.165, 1.54) is 11.1 Å². The molecule has 2 aliphatic carbocycles. The molecule has 1 atom stereocenters. The van der Waals surface area contributed by atoms with Crippen LogP contribution in [0.25, 0.3) is 0 Å². The van der Waals surface area contributed by atoms with Crippen molar-refractivity contribution in [2.75, 3.05) is 0 Å². The third kappa shape index (κ3) is 0.869. The Balaban J connectivity index is 2.22. The van der Waals surface area contributed by atoms with Gasteiger partial charge in [0, 0.05) is 12.4 Å². The Hall–Kier alpha value is -1.63. The molecule has 0 radical (unpaired) electrons. The van der Waals surface area contributed by atoms with E-state index in [1.807, 2.05) is 6.20 Å². The molecule has 1 nitrogen and oxygen atoms in total. The summed E-state index contributed by atoms with van der Waals surface area (Å²) in [6.07, 6.45) is 20.1. The molecule has 1 aliphatic heterocycles. The zero-order chi connectivity index (χ0) is 9.43. The molecule has 14 heavy (non-hydrogen) atoms. The van der Waals surface area contributed by atoms with Crippen molar-refractivity contribution >= 4 is 6.21 Å². The van der Waals surface area contributed by atoms with Crippen molar-refractivity contribution in [3.8, 4) is 0 Å². The van der Waals surface area contributed by atoms with Gasteiger partial charge in [-0.15, -0.1) is 0 Å². The average Bonchev–Trinajstić information content (AvgIpc) is 2.26. The summed E-state index contributed by atoms with van der Waals surface area (Å²) in [7, 11) is 0. The van der Waals surface area contributed by atoms with Crippen LogP contribution in [0.5, 0.6) is 0 Å². The molecule has 3 aliphatic rings. The van der Waals surface area contributed by atoms with Gasteiger partial charge in [0.15, 0.2) is 0 Å². The zero-order valence-corrected chi connectivity index (χ0v) is 7.85. The monoisotopic (exact) mass is 181 g/mol. The van der Waals surface area contributed by atoms with Crippen molar-refractivity contribution in [1.82, 2.24) is 0 Å². The predicted molar refractivity (Wildman–Crippen MR) is 59.1 cm³/mol. The molecule has 1 unspecified atom stereocenters. The van der Waals surface area contributed by atoms with Gasteiger partial charge in [-0.2, -0.15) is 0 Å². The van der Waals surface area contributed by atoms with Gasteiger partial charge in [0.2, 0.25) is 0 Å². The Labute approximate surface area is 83.5 Å². The Morgan fingerprint density at radius 3 is 2.93 bits per heavy atom. The first-order valence-electron chi connectivity index (χ1n) is 4.89. The number of aliphatic imine (C=N–C) groups is 1. The van der Waals surface area contributed by atoms with Gasteiger partial charge in [-0.3, -0.25) is 4.99 Å². The second-order valence-corrected chi connectivity index (χ2v) is 3.80. The summed E-state index contributed by atoms with van der Waals surface area (Å²) in [4.78, 5) is 4.28. The van der Waals surface area contributed by atoms with E-state index in [4.69, 9.17) is 0 Å². The Morgan fingerprint density at radius 2 is 1.93 bits per heavy atom. The molecular weight excluding hydrogens is 170 g/mol. The molecule has 68 valence electrons. The van der Waals surface area contributed by atoms with Crippen LogP contribution in [0.3, 0.4) is 0 Å². The molecule has 0 saturated carbocycles. The summed E-state index contributed by atoms with van der Waals surface area (Å²) < 4.78 is 0. The van der Waals surface area contributed by atoms with Crippen molar-refractivity contribution in [2.24, 2.45) is 10.4 Å². The van der Waals surface area contributed by atoms with Crippen LogP contribution in [-0.4, -0.2) is 6.21 Å². The van der Waals surface area contributed by atoms with Crippen LogP contribution in [0.1, 0.15) is 6.42 Å². The second kappa shape index (κ2) is 2.68. The lowest BCUT2D eigenvalue weighted by atomic mass is 9.67. The quantitative estimate of drug-likeness (QED) is 0.545. The predicted octanol–water partition coefficient (Wildman–Crippen LogP) is 2.95. The van der Waals surface area contributed by atoms with Crippen LogP contribution < -0.4 is 0 Å². The van der Waals surface area contributed by atoms with Crippen LogP contribution in [-0.2, 0) is 0 Å². The number of hydrogen-bond donors (Lipinski definition) is 0. The fourth-order valence-corrected chi connectivity index (χ4v) is 2.28. The van der Waals surface area contributed by atoms with Crippen LogP contribution in [0, 0.1) is 5.41 Å². The normalized spacial score (nSPS) is 32.0. The van der Waals surface area contributed by atoms with E-state index in [1.54, 1.807) is 0 Å². The third-order valence-corrected chi connectivity index (χ3v) is 3.07. The Kier molecular flexibility index (Phi) is 1.48. The van der Waals surface area contributed by atoms with Crippen LogP contribution in [0.15, 0.2) is 64.9 Å². The van der Waals surface area contributed by atoms with E-state index >= 15 is 0 Å². The maximum atomic E-state index is 4.28. The highest BCUT2D eigenvalue weighted by Crippen LogP contribution is 2.44. The summed E-state index contributed by atoms with van der Waals surface area (Å²) in [5.41, 5.74) is 2.74. The second-order valence-electron chi connectivity index (χ2n) is 3.80. The highest BCUT2D eigenvalue weighted by molar-refractivity contribution is 5.82. The van der Waals surface area contributed by atoms with Crippen LogP contribution >= 0.6 is 0 Å². The highest BCUT2D eigenvalue weighted by atomic mass is 14.7. The molecule has 0 saturated heterocycles. The summed E-state index contributed by atoms with van der Waals surface area (Å²) in [5, 5.41) is 0. The van der Waals surface area contributed by atoms with E-state index in [-0.39, 0.29) is 5.41 Å². The number of nitrogens with zero attached hydrogens (tertiary/aromatic N) is 1. The third-order valence-electron chi connectivity index (χ3n) is 3.07. The first-order valence-corrected chi connectivity index (χ1v) is 4.89. The van der Waals surface area contributed by atoms with Crippen LogP contribution in [0.4, 0.5) is 0 Å². The van der Waals surface area contributed by atoms with Gasteiger partial charge in [-0.1, -0.05) is 36.5 Å². The zero-order valence-electron chi connectivity index (χ0n) is 7.85. The van der Waals surface area contributed by atoms with Crippen LogP contribution in [0.2, 0.25) is 0 Å². The van der Waals surface area contributed by atoms with E-state index in [0.717, 1.165) is 6.42 Å². The smallest absolute Gasteiger partial charge is 0.0589 e. The minimum atomic E-state index is 0.0399. The van der Waals surface area contributed by atoms with Crippen molar-refractivity contribution in [3.05, 3.63) is 59.9 Å². The van der Waals surface area contributed by atoms with Gasteiger partial charge in [0.25, 0.3) is 0 Å². The molecule has 0 amide bonds. The van der Waals surface area contributed by atoms with Gasteiger partial charge < -0.3 is 0 Å². The lowest BCUT2D eigenvalue weighted by Gasteiger charge is -2.36. The summed E-state index contributed by atoms with van der Waals surface area (Å²) in [5.74, 6) is 0. The molecule has 0 bridgehead atoms. The number of allylic oxidation sites excluding steroid dienone is 9. The van der Waals surface area contributed by atoms with Gasteiger partial charge in [0.05, 0.1) is 5.41 Å². The Morgan fingerprint density at radius 1 is 1.07 bits per heavy atom. The first-order chi connectivity index (χ1) is 6.92. The molecule has 1 heteroatoms. The fourth-order valence-electron chi connectivity index (χ4n) is 2.28. The van der Waals surface area contributed by atoms with Gasteiger partial charge in [0.1, 0.15) is 0 Å². The molecule has 1 spiro atoms. The standard InChI is InChI=1S/C13H11N/c1-2-8-13-10-14-9-7-12(13)6-3-5-11(13)4-1/h1-7,9-10H,8H2. The molecule has 3 rings (SSSR count). The number of hydrogen-bond acceptors (Lipinski definition) is 1. The molecule has 0 aromatic heterocycles. The lowest BCUT2D eigenvalue weighted by molar-refractivity contribution is 0.626. The number of rotatable bonds is 0. The summed E-state index contributed by atoms with van der Waals surface area (Å²) in [6, 6.07) is 0. The minimum absolute atomic E-state index is 0.0399. The molecule has 0 N–H and O–H groups in total. The molecular formula is C13H11N. The minimum Gasteiger partial charge on any atom is -0.268 e. The SMILES string of the molecule is C1=CCC23C=NC=CC2=CC=CC3=C1. The first kappa shape index (κ1) is 7.74. The maximum absolute atomic E-state index is 4.28. The van der Waals surface area contributed by atoms with Gasteiger partial charge in [-0.25, -0.2) is 0 Å². The van der Waals surface area contributed by atoms with Crippen molar-refractivity contribution in [3.63, 3.8) is 0 Å².